The number of nitrogens with zero attached hydrogens (tertiary/aromatic N) is 2. The molecule has 0 aliphatic rings. The highest BCUT2D eigenvalue weighted by atomic mass is 35.5. The van der Waals surface area contributed by atoms with Gasteiger partial charge < -0.3 is 0 Å². The van der Waals surface area contributed by atoms with E-state index in [0.29, 0.717) is 6.20 Å². The van der Waals surface area contributed by atoms with Gasteiger partial charge >= 0.3 is 0 Å². The molecule has 0 N–H and O–H groups in total. The van der Waals surface area contributed by atoms with Gasteiger partial charge in [0.2, 0.25) is 0 Å². The lowest BCUT2D eigenvalue weighted by Crippen LogP contribution is -1.98. The fraction of sp³-hybridized carbons (Fsp3) is 0.143. The first-order chi connectivity index (χ1) is 6.07. The van der Waals surface area contributed by atoms with Crippen LogP contribution in [0.3, 0.4) is 0 Å². The van der Waals surface area contributed by atoms with Gasteiger partial charge in [-0.15, -0.1) is 0 Å². The summed E-state index contributed by atoms with van der Waals surface area (Å²) in [5.41, 5.74) is -1.41. The first-order valence-electron chi connectivity index (χ1n) is 3.10. The maximum Gasteiger partial charge on any atom is 0.281 e. The predicted octanol–water partition coefficient (Wildman–Crippen LogP) is 2.68. The fourth-order valence-electron chi connectivity index (χ4n) is 0.751. The van der Waals surface area contributed by atoms with E-state index in [1.54, 1.807) is 0 Å². The summed E-state index contributed by atoms with van der Waals surface area (Å²) in [6.07, 6.45) is -2.38. The molecule has 0 fully saturated rings. The minimum absolute atomic E-state index is 0.560. The summed E-state index contributed by atoms with van der Waals surface area (Å²) in [5.74, 6) is -0.984. The maximum atomic E-state index is 12.6. The van der Waals surface area contributed by atoms with E-state index in [-0.39, 0.29) is 0 Å². The molecule has 13 heavy (non-hydrogen) atoms. The Balaban J connectivity index is 3.41. The Labute approximate surface area is 76.6 Å². The summed E-state index contributed by atoms with van der Waals surface area (Å²) in [7, 11) is 0. The molecule has 1 heterocycles. The van der Waals surface area contributed by atoms with E-state index in [1.165, 1.54) is 6.07 Å². The highest BCUT2D eigenvalue weighted by Crippen LogP contribution is 2.27. The molecule has 0 aliphatic carbocycles. The molecule has 1 aromatic rings. The number of pyridine rings is 1. The zero-order valence-electron chi connectivity index (χ0n) is 6.06. The molecule has 1 aromatic heterocycles. The van der Waals surface area contributed by atoms with Gasteiger partial charge in [0.05, 0.1) is 11.2 Å². The van der Waals surface area contributed by atoms with Crippen LogP contribution < -0.4 is 0 Å². The van der Waals surface area contributed by atoms with Crippen molar-refractivity contribution in [3.8, 4) is 6.07 Å². The Morgan fingerprint density at radius 1 is 1.54 bits per heavy atom. The minimum atomic E-state index is -2.94. The van der Waals surface area contributed by atoms with E-state index in [1.807, 2.05) is 0 Å². The average molecular weight is 207 g/mol. The van der Waals surface area contributed by atoms with Crippen LogP contribution in [0.2, 0.25) is 5.02 Å². The maximum absolute atomic E-state index is 12.6. The first kappa shape index (κ1) is 9.81. The molecule has 1 rings (SSSR count). The average Bonchev–Trinajstić information content (AvgIpc) is 2.09. The van der Waals surface area contributed by atoms with Crippen LogP contribution in [0.5, 0.6) is 0 Å². The molecule has 0 amide bonds. The SMILES string of the molecule is N#Cc1c(C(F)F)ncc(F)c1Cl. The van der Waals surface area contributed by atoms with Crippen molar-refractivity contribution in [2.45, 2.75) is 6.43 Å². The molecule has 0 radical (unpaired) electrons. The number of hydrogen-bond acceptors (Lipinski definition) is 2. The second kappa shape index (κ2) is 3.62. The van der Waals surface area contributed by atoms with Crippen LogP contribution in [-0.2, 0) is 0 Å². The topological polar surface area (TPSA) is 36.7 Å². The quantitative estimate of drug-likeness (QED) is 0.708. The van der Waals surface area contributed by atoms with Gasteiger partial charge in [0, 0.05) is 0 Å². The fourth-order valence-corrected chi connectivity index (χ4v) is 0.939. The van der Waals surface area contributed by atoms with Crippen LogP contribution in [0.1, 0.15) is 17.7 Å². The zero-order valence-corrected chi connectivity index (χ0v) is 6.82. The molecule has 0 saturated heterocycles. The first-order valence-corrected chi connectivity index (χ1v) is 3.48. The van der Waals surface area contributed by atoms with Crippen molar-refractivity contribution in [1.29, 1.82) is 5.26 Å². The molecule has 68 valence electrons. The number of alkyl halides is 2. The molecule has 6 heteroatoms. The normalized spacial score (nSPS) is 10.2. The van der Waals surface area contributed by atoms with E-state index in [0.717, 1.165) is 0 Å². The summed E-state index contributed by atoms with van der Waals surface area (Å²) in [6, 6.07) is 1.37. The standard InChI is InChI=1S/C7H2ClF3N2/c8-5-3(1-12)6(7(10)11)13-2-4(5)9/h2,7H. The molecule has 0 aromatic carbocycles. The predicted molar refractivity (Wildman–Crippen MR) is 38.9 cm³/mol. The molecule has 2 nitrogen and oxygen atoms in total. The third-order valence-corrected chi connectivity index (χ3v) is 1.69. The van der Waals surface area contributed by atoms with Crippen molar-refractivity contribution in [3.63, 3.8) is 0 Å². The highest BCUT2D eigenvalue weighted by molar-refractivity contribution is 6.31. The zero-order chi connectivity index (χ0) is 10.0. The van der Waals surface area contributed by atoms with Gasteiger partial charge in [-0.2, -0.15) is 5.26 Å². The Morgan fingerprint density at radius 2 is 2.15 bits per heavy atom. The van der Waals surface area contributed by atoms with Crippen LogP contribution in [0.15, 0.2) is 6.20 Å². The lowest BCUT2D eigenvalue weighted by Gasteiger charge is -2.02. The molecule has 0 saturated carbocycles. The van der Waals surface area contributed by atoms with Crippen LogP contribution in [0.4, 0.5) is 13.2 Å². The van der Waals surface area contributed by atoms with Gasteiger partial charge in [0.25, 0.3) is 6.43 Å². The molecule has 0 unspecified atom stereocenters. The van der Waals surface area contributed by atoms with Crippen molar-refractivity contribution in [2.24, 2.45) is 0 Å². The Morgan fingerprint density at radius 3 is 2.62 bits per heavy atom. The van der Waals surface area contributed by atoms with Crippen molar-refractivity contribution >= 4 is 11.6 Å². The molecular formula is C7H2ClF3N2. The molecule has 0 spiro atoms. The van der Waals surface area contributed by atoms with Crippen molar-refractivity contribution < 1.29 is 13.2 Å². The second-order valence-corrected chi connectivity index (χ2v) is 2.47. The van der Waals surface area contributed by atoms with Gasteiger partial charge in [-0.25, -0.2) is 13.2 Å². The van der Waals surface area contributed by atoms with E-state index >= 15 is 0 Å². The van der Waals surface area contributed by atoms with Crippen LogP contribution in [-0.4, -0.2) is 4.98 Å². The third kappa shape index (κ3) is 1.73. The highest BCUT2D eigenvalue weighted by Gasteiger charge is 2.19. The molecule has 0 bridgehead atoms. The Kier molecular flexibility index (Phi) is 2.73. The number of rotatable bonds is 1. The van der Waals surface area contributed by atoms with Gasteiger partial charge in [-0.1, -0.05) is 11.6 Å². The van der Waals surface area contributed by atoms with Crippen LogP contribution in [0, 0.1) is 17.1 Å². The minimum Gasteiger partial charge on any atom is -0.251 e. The molecule has 0 atom stereocenters. The van der Waals surface area contributed by atoms with E-state index < -0.39 is 28.5 Å². The Bertz CT molecular complexity index is 373. The van der Waals surface area contributed by atoms with Gasteiger partial charge in [0.1, 0.15) is 17.3 Å². The third-order valence-electron chi connectivity index (χ3n) is 1.32. The summed E-state index contributed by atoms with van der Waals surface area (Å²) in [6.45, 7) is 0. The second-order valence-electron chi connectivity index (χ2n) is 2.09. The van der Waals surface area contributed by atoms with E-state index in [2.05, 4.69) is 4.98 Å². The summed E-state index contributed by atoms with van der Waals surface area (Å²) >= 11 is 5.27. The van der Waals surface area contributed by atoms with E-state index in [9.17, 15) is 13.2 Å². The van der Waals surface area contributed by atoms with Gasteiger partial charge in [0.15, 0.2) is 5.82 Å². The van der Waals surface area contributed by atoms with Crippen LogP contribution in [0.25, 0.3) is 0 Å². The molecule has 0 aliphatic heterocycles. The number of aromatic nitrogens is 1. The van der Waals surface area contributed by atoms with Crippen LogP contribution >= 0.6 is 11.6 Å². The smallest absolute Gasteiger partial charge is 0.251 e. The van der Waals surface area contributed by atoms with Crippen molar-refractivity contribution in [1.82, 2.24) is 4.98 Å². The number of halogens is 4. The number of hydrogen-bond donors (Lipinski definition) is 0. The van der Waals surface area contributed by atoms with Gasteiger partial charge in [-0.3, -0.25) is 4.98 Å². The number of nitriles is 1. The lowest BCUT2D eigenvalue weighted by atomic mass is 10.2. The Hall–Kier alpha value is -1.28. The molecular weight excluding hydrogens is 205 g/mol. The summed E-state index contributed by atoms with van der Waals surface area (Å²) < 4.78 is 36.9. The monoisotopic (exact) mass is 206 g/mol. The summed E-state index contributed by atoms with van der Waals surface area (Å²) in [4.78, 5) is 3.08. The largest absolute Gasteiger partial charge is 0.281 e. The van der Waals surface area contributed by atoms with Crippen molar-refractivity contribution in [3.05, 3.63) is 28.3 Å². The lowest BCUT2D eigenvalue weighted by molar-refractivity contribution is 0.145. The summed E-state index contributed by atoms with van der Waals surface area (Å²) in [5, 5.41) is 7.78. The van der Waals surface area contributed by atoms with Crippen molar-refractivity contribution in [2.75, 3.05) is 0 Å². The van der Waals surface area contributed by atoms with Gasteiger partial charge in [-0.05, 0) is 0 Å². The van der Waals surface area contributed by atoms with E-state index in [4.69, 9.17) is 16.9 Å².